The Hall–Kier alpha value is -1.26. The smallest absolute Gasteiger partial charge is 0.410 e. The lowest BCUT2D eigenvalue weighted by atomic mass is 10.00. The maximum Gasteiger partial charge on any atom is 0.410 e. The van der Waals surface area contributed by atoms with Crippen molar-refractivity contribution in [3.63, 3.8) is 0 Å². The van der Waals surface area contributed by atoms with E-state index in [1.165, 1.54) is 0 Å². The average molecular weight is 240 g/mol. The van der Waals surface area contributed by atoms with Crippen LogP contribution in [0.15, 0.2) is 0 Å². The Morgan fingerprint density at radius 3 is 2.29 bits per heavy atom. The highest BCUT2D eigenvalue weighted by Crippen LogP contribution is 2.23. The summed E-state index contributed by atoms with van der Waals surface area (Å²) in [6.07, 6.45) is 1.86. The van der Waals surface area contributed by atoms with Crippen LogP contribution in [-0.2, 0) is 9.53 Å². The van der Waals surface area contributed by atoms with Gasteiger partial charge in [-0.1, -0.05) is 0 Å². The number of rotatable bonds is 2. The number of likely N-dealkylation sites (tertiary alicyclic amines) is 1. The van der Waals surface area contributed by atoms with Crippen LogP contribution in [0.2, 0.25) is 0 Å². The molecule has 2 amide bonds. The van der Waals surface area contributed by atoms with E-state index in [-0.39, 0.29) is 17.9 Å². The summed E-state index contributed by atoms with van der Waals surface area (Å²) in [5.74, 6) is 0.0235. The molecule has 5 heteroatoms. The quantitative estimate of drug-likeness (QED) is 0.787. The molecule has 0 spiro atoms. The second kappa shape index (κ2) is 4.20. The van der Waals surface area contributed by atoms with Crippen molar-refractivity contribution in [1.82, 2.24) is 10.2 Å². The van der Waals surface area contributed by atoms with Crippen LogP contribution >= 0.6 is 0 Å². The number of carbonyl (C=O) groups excluding carboxylic acids is 2. The third kappa shape index (κ3) is 3.35. The summed E-state index contributed by atoms with van der Waals surface area (Å²) in [5, 5.41) is 2.95. The standard InChI is InChI=1S/C12H20N2O3/c1-12(2,3)17-11(16)14-6-8(7-14)10(15)13-9-4-5-9/h8-9H,4-7H2,1-3H3,(H,13,15). The van der Waals surface area contributed by atoms with E-state index in [1.54, 1.807) is 4.90 Å². The molecule has 1 N–H and O–H groups in total. The normalized spacial score (nSPS) is 20.8. The topological polar surface area (TPSA) is 58.6 Å². The van der Waals surface area contributed by atoms with E-state index in [2.05, 4.69) is 5.32 Å². The van der Waals surface area contributed by atoms with Gasteiger partial charge < -0.3 is 15.0 Å². The van der Waals surface area contributed by atoms with Crippen LogP contribution in [0.3, 0.4) is 0 Å². The van der Waals surface area contributed by atoms with Crippen molar-refractivity contribution in [3.8, 4) is 0 Å². The van der Waals surface area contributed by atoms with Gasteiger partial charge in [0.15, 0.2) is 0 Å². The molecule has 17 heavy (non-hydrogen) atoms. The fraction of sp³-hybridized carbons (Fsp3) is 0.833. The van der Waals surface area contributed by atoms with E-state index in [0.717, 1.165) is 12.8 Å². The predicted octanol–water partition coefficient (Wildman–Crippen LogP) is 1.13. The lowest BCUT2D eigenvalue weighted by molar-refractivity contribution is -0.129. The minimum Gasteiger partial charge on any atom is -0.444 e. The second-order valence-electron chi connectivity index (χ2n) is 5.87. The van der Waals surface area contributed by atoms with Gasteiger partial charge in [-0.25, -0.2) is 4.79 Å². The van der Waals surface area contributed by atoms with Crippen LogP contribution in [-0.4, -0.2) is 41.6 Å². The second-order valence-corrected chi connectivity index (χ2v) is 5.87. The molecule has 2 fully saturated rings. The van der Waals surface area contributed by atoms with Crippen molar-refractivity contribution >= 4 is 12.0 Å². The fourth-order valence-corrected chi connectivity index (χ4v) is 1.67. The Bertz CT molecular complexity index is 325. The van der Waals surface area contributed by atoms with Crippen LogP contribution in [0, 0.1) is 5.92 Å². The largest absolute Gasteiger partial charge is 0.444 e. The molecule has 0 unspecified atom stereocenters. The Morgan fingerprint density at radius 1 is 1.24 bits per heavy atom. The van der Waals surface area contributed by atoms with Crippen molar-refractivity contribution in [2.75, 3.05) is 13.1 Å². The number of carbonyl (C=O) groups is 2. The van der Waals surface area contributed by atoms with Crippen LogP contribution in [0.4, 0.5) is 4.79 Å². The molecule has 0 radical (unpaired) electrons. The predicted molar refractivity (Wildman–Crippen MR) is 62.5 cm³/mol. The molecule has 1 saturated carbocycles. The fourth-order valence-electron chi connectivity index (χ4n) is 1.67. The molecule has 0 atom stereocenters. The van der Waals surface area contributed by atoms with E-state index in [9.17, 15) is 9.59 Å². The van der Waals surface area contributed by atoms with E-state index >= 15 is 0 Å². The van der Waals surface area contributed by atoms with E-state index in [4.69, 9.17) is 4.74 Å². The van der Waals surface area contributed by atoms with Gasteiger partial charge in [-0.2, -0.15) is 0 Å². The molecule has 0 aromatic rings. The third-order valence-corrected chi connectivity index (χ3v) is 2.83. The molecule has 1 aliphatic carbocycles. The Morgan fingerprint density at radius 2 is 1.82 bits per heavy atom. The van der Waals surface area contributed by atoms with Crippen molar-refractivity contribution in [3.05, 3.63) is 0 Å². The van der Waals surface area contributed by atoms with Gasteiger partial charge in [0.25, 0.3) is 0 Å². The van der Waals surface area contributed by atoms with Crippen molar-refractivity contribution in [2.24, 2.45) is 5.92 Å². The summed E-state index contributed by atoms with van der Waals surface area (Å²) in [5.41, 5.74) is -0.474. The van der Waals surface area contributed by atoms with Gasteiger partial charge in [0, 0.05) is 19.1 Å². The first-order valence-corrected chi connectivity index (χ1v) is 6.13. The third-order valence-electron chi connectivity index (χ3n) is 2.83. The zero-order valence-corrected chi connectivity index (χ0v) is 10.7. The lowest BCUT2D eigenvalue weighted by Crippen LogP contribution is -2.56. The molecule has 2 aliphatic rings. The molecule has 5 nitrogen and oxygen atoms in total. The maximum atomic E-state index is 11.6. The van der Waals surface area contributed by atoms with Gasteiger partial charge in [-0.05, 0) is 33.6 Å². The van der Waals surface area contributed by atoms with E-state index in [1.807, 2.05) is 20.8 Å². The van der Waals surface area contributed by atoms with Gasteiger partial charge in [0.1, 0.15) is 5.60 Å². The first-order chi connectivity index (χ1) is 7.85. The van der Waals surface area contributed by atoms with Gasteiger partial charge in [-0.15, -0.1) is 0 Å². The molecule has 0 aromatic heterocycles. The van der Waals surface area contributed by atoms with Crippen molar-refractivity contribution < 1.29 is 14.3 Å². The van der Waals surface area contributed by atoms with Gasteiger partial charge in [-0.3, -0.25) is 4.79 Å². The molecule has 2 rings (SSSR count). The van der Waals surface area contributed by atoms with Gasteiger partial charge >= 0.3 is 6.09 Å². The molecule has 0 aromatic carbocycles. The van der Waals surface area contributed by atoms with E-state index in [0.29, 0.717) is 19.1 Å². The molecule has 1 heterocycles. The number of hydrogen-bond donors (Lipinski definition) is 1. The van der Waals surface area contributed by atoms with Crippen molar-refractivity contribution in [1.29, 1.82) is 0 Å². The SMILES string of the molecule is CC(C)(C)OC(=O)N1CC(C(=O)NC2CC2)C1. The minimum absolute atomic E-state index is 0.0527. The molecule has 0 bridgehead atoms. The monoisotopic (exact) mass is 240 g/mol. The average Bonchev–Trinajstić information content (AvgIpc) is 2.80. The number of ether oxygens (including phenoxy) is 1. The number of nitrogens with one attached hydrogen (secondary N) is 1. The number of amides is 2. The molecular weight excluding hydrogens is 220 g/mol. The van der Waals surface area contributed by atoms with Crippen LogP contribution in [0.25, 0.3) is 0 Å². The highest BCUT2D eigenvalue weighted by Gasteiger charge is 2.39. The summed E-state index contributed by atoms with van der Waals surface area (Å²) >= 11 is 0. The zero-order valence-electron chi connectivity index (χ0n) is 10.7. The summed E-state index contributed by atoms with van der Waals surface area (Å²) in [6, 6.07) is 0.387. The molecule has 1 aliphatic heterocycles. The van der Waals surface area contributed by atoms with E-state index < -0.39 is 5.60 Å². The molecular formula is C12H20N2O3. The highest BCUT2D eigenvalue weighted by atomic mass is 16.6. The lowest BCUT2D eigenvalue weighted by Gasteiger charge is -2.38. The Labute approximate surface area is 101 Å². The highest BCUT2D eigenvalue weighted by molar-refractivity contribution is 5.83. The Kier molecular flexibility index (Phi) is 3.02. The van der Waals surface area contributed by atoms with Crippen LogP contribution in [0.5, 0.6) is 0 Å². The summed E-state index contributed by atoms with van der Waals surface area (Å²) in [6.45, 7) is 6.47. The van der Waals surface area contributed by atoms with Crippen LogP contribution in [0.1, 0.15) is 33.6 Å². The minimum atomic E-state index is -0.474. The number of nitrogens with zero attached hydrogens (tertiary/aromatic N) is 1. The number of hydrogen-bond acceptors (Lipinski definition) is 3. The summed E-state index contributed by atoms with van der Waals surface area (Å²) in [7, 11) is 0. The maximum absolute atomic E-state index is 11.6. The van der Waals surface area contributed by atoms with Gasteiger partial charge in [0.05, 0.1) is 5.92 Å². The Balaban J connectivity index is 1.70. The summed E-state index contributed by atoms with van der Waals surface area (Å²) in [4.78, 5) is 24.8. The summed E-state index contributed by atoms with van der Waals surface area (Å²) < 4.78 is 5.22. The molecule has 1 saturated heterocycles. The zero-order chi connectivity index (χ0) is 12.6. The van der Waals surface area contributed by atoms with Gasteiger partial charge in [0.2, 0.25) is 5.91 Å². The first kappa shape index (κ1) is 12.2. The first-order valence-electron chi connectivity index (χ1n) is 6.13. The van der Waals surface area contributed by atoms with Crippen molar-refractivity contribution in [2.45, 2.75) is 45.3 Å². The molecule has 96 valence electrons. The van der Waals surface area contributed by atoms with Crippen LogP contribution < -0.4 is 5.32 Å².